The van der Waals surface area contributed by atoms with E-state index in [0.717, 1.165) is 42.5 Å². The lowest BCUT2D eigenvalue weighted by molar-refractivity contribution is -0.137. The van der Waals surface area contributed by atoms with Crippen LogP contribution in [-0.4, -0.2) is 25.0 Å². The maximum Gasteiger partial charge on any atom is 0.418 e. The summed E-state index contributed by atoms with van der Waals surface area (Å²) >= 11 is 0. The second-order valence-corrected chi connectivity index (χ2v) is 7.86. The number of hydrogen-bond acceptors (Lipinski definition) is 5. The number of alkyl halides is 3. The van der Waals surface area contributed by atoms with E-state index in [0.29, 0.717) is 6.07 Å². The van der Waals surface area contributed by atoms with Crippen LogP contribution in [0.15, 0.2) is 66.2 Å². The minimum Gasteiger partial charge on any atom is -0.489 e. The molecule has 3 rings (SSSR count). The quantitative estimate of drug-likeness (QED) is 0.304. The van der Waals surface area contributed by atoms with Gasteiger partial charge in [-0.3, -0.25) is 4.72 Å². The maximum atomic E-state index is 13.9. The lowest BCUT2D eigenvalue weighted by Gasteiger charge is -2.17. The Bertz CT molecular complexity index is 1260. The predicted molar refractivity (Wildman–Crippen MR) is 105 cm³/mol. The predicted octanol–water partition coefficient (Wildman–Crippen LogP) is 4.81. The maximum absolute atomic E-state index is 13.9. The number of sulfonamides is 1. The summed E-state index contributed by atoms with van der Waals surface area (Å²) in [6.07, 6.45) is -3.56. The van der Waals surface area contributed by atoms with Gasteiger partial charge in [-0.05, 0) is 42.5 Å². The van der Waals surface area contributed by atoms with Gasteiger partial charge in [-0.2, -0.15) is 26.0 Å². The zero-order valence-electron chi connectivity index (χ0n) is 16.0. The molecule has 1 aromatic carbocycles. The average molecular weight is 471 g/mol. The van der Waals surface area contributed by atoms with Crippen molar-refractivity contribution in [2.24, 2.45) is 0 Å². The first-order valence-electron chi connectivity index (χ1n) is 8.78. The minimum atomic E-state index is -4.90. The molecule has 0 unspecified atom stereocenters. The molecular weight excluding hydrogens is 457 g/mol. The van der Waals surface area contributed by atoms with Crippen molar-refractivity contribution in [2.45, 2.75) is 11.2 Å². The van der Waals surface area contributed by atoms with E-state index in [1.54, 1.807) is 0 Å². The molecule has 32 heavy (non-hydrogen) atoms. The van der Waals surface area contributed by atoms with Gasteiger partial charge in [0.2, 0.25) is 5.95 Å². The number of benzene rings is 1. The second kappa shape index (κ2) is 8.91. The molecule has 3 aromatic rings. The molecule has 0 atom stereocenters. The van der Waals surface area contributed by atoms with Crippen molar-refractivity contribution in [3.8, 4) is 17.0 Å². The van der Waals surface area contributed by atoms with Gasteiger partial charge in [0, 0.05) is 5.56 Å². The molecule has 0 spiro atoms. The molecular formula is C20H14F5N3O3S. The Morgan fingerprint density at radius 3 is 2.47 bits per heavy atom. The van der Waals surface area contributed by atoms with Crippen LogP contribution in [0, 0.1) is 11.8 Å². The Hall–Kier alpha value is -3.54. The van der Waals surface area contributed by atoms with Gasteiger partial charge in [0.1, 0.15) is 24.0 Å². The van der Waals surface area contributed by atoms with E-state index in [-0.39, 0.29) is 17.9 Å². The van der Waals surface area contributed by atoms with E-state index < -0.39 is 50.1 Å². The van der Waals surface area contributed by atoms with Crippen LogP contribution in [0.4, 0.5) is 27.8 Å². The van der Waals surface area contributed by atoms with Gasteiger partial charge in [0.25, 0.3) is 10.0 Å². The summed E-state index contributed by atoms with van der Waals surface area (Å²) in [7, 11) is -4.48. The fourth-order valence-corrected chi connectivity index (χ4v) is 3.60. The highest BCUT2D eigenvalue weighted by molar-refractivity contribution is 7.92. The first-order chi connectivity index (χ1) is 15.0. The highest BCUT2D eigenvalue weighted by Gasteiger charge is 2.36. The molecule has 0 aliphatic rings. The number of anilines is 1. The van der Waals surface area contributed by atoms with Crippen LogP contribution in [-0.2, 0) is 16.2 Å². The van der Waals surface area contributed by atoms with Crippen molar-refractivity contribution in [1.29, 1.82) is 0 Å². The zero-order valence-corrected chi connectivity index (χ0v) is 16.8. The van der Waals surface area contributed by atoms with Gasteiger partial charge in [-0.25, -0.2) is 14.4 Å². The van der Waals surface area contributed by atoms with Crippen molar-refractivity contribution >= 4 is 15.8 Å². The molecule has 168 valence electrons. The Morgan fingerprint density at radius 1 is 1.06 bits per heavy atom. The number of hydrogen-bond donors (Lipinski definition) is 1. The van der Waals surface area contributed by atoms with Gasteiger partial charge >= 0.3 is 6.18 Å². The lowest BCUT2D eigenvalue weighted by atomic mass is 10.0. The number of rotatable bonds is 7. The third kappa shape index (κ3) is 5.19. The second-order valence-electron chi connectivity index (χ2n) is 6.23. The summed E-state index contributed by atoms with van der Waals surface area (Å²) < 4.78 is 100. The van der Waals surface area contributed by atoms with Gasteiger partial charge in [0.05, 0.1) is 11.3 Å². The number of pyridine rings is 2. The zero-order chi connectivity index (χ0) is 23.5. The fraction of sp³-hybridized carbons (Fsp3) is 0.100. The number of halogens is 5. The molecule has 0 aliphatic heterocycles. The Labute approximate surface area is 179 Å². The Kier molecular flexibility index (Phi) is 6.44. The Morgan fingerprint density at radius 2 is 1.81 bits per heavy atom. The van der Waals surface area contributed by atoms with Crippen LogP contribution >= 0.6 is 0 Å². The van der Waals surface area contributed by atoms with Crippen LogP contribution < -0.4 is 9.46 Å². The van der Waals surface area contributed by atoms with Crippen LogP contribution in [0.3, 0.4) is 0 Å². The van der Waals surface area contributed by atoms with Crippen LogP contribution in [0.5, 0.6) is 5.75 Å². The van der Waals surface area contributed by atoms with Crippen LogP contribution in [0.2, 0.25) is 0 Å². The number of ether oxygens (including phenoxy) is 1. The van der Waals surface area contributed by atoms with Gasteiger partial charge < -0.3 is 4.74 Å². The molecule has 0 saturated heterocycles. The standard InChI is InChI=1S/C20H14F5N3O3S/c1-2-10-31-15-8-6-12(21)11-13(15)19-14(20(23,24)25)7-9-17(27-19)28-32(29,30)18-5-3-4-16(22)26-18/h2-9,11H,1,10H2,(H,27,28). The molecule has 0 fully saturated rings. The largest absolute Gasteiger partial charge is 0.489 e. The normalized spacial score (nSPS) is 11.8. The van der Waals surface area contributed by atoms with E-state index in [9.17, 15) is 30.4 Å². The topological polar surface area (TPSA) is 81.2 Å². The van der Waals surface area contributed by atoms with Crippen LogP contribution in [0.25, 0.3) is 11.3 Å². The van der Waals surface area contributed by atoms with Crippen molar-refractivity contribution in [2.75, 3.05) is 11.3 Å². The monoisotopic (exact) mass is 471 g/mol. The van der Waals surface area contributed by atoms with E-state index in [1.807, 2.05) is 4.72 Å². The number of aromatic nitrogens is 2. The smallest absolute Gasteiger partial charge is 0.418 e. The SMILES string of the molecule is C=CCOc1ccc(F)cc1-c1nc(NS(=O)(=O)c2cccc(F)n2)ccc1C(F)(F)F. The highest BCUT2D eigenvalue weighted by Crippen LogP contribution is 2.40. The summed E-state index contributed by atoms with van der Waals surface area (Å²) in [5.41, 5.74) is -2.38. The molecule has 12 heteroatoms. The molecule has 0 radical (unpaired) electrons. The fourth-order valence-electron chi connectivity index (χ4n) is 2.64. The molecule has 1 N–H and O–H groups in total. The first-order valence-corrected chi connectivity index (χ1v) is 10.3. The molecule has 6 nitrogen and oxygen atoms in total. The van der Waals surface area contributed by atoms with E-state index in [2.05, 4.69) is 16.5 Å². The summed E-state index contributed by atoms with van der Waals surface area (Å²) in [5.74, 6) is -2.59. The van der Waals surface area contributed by atoms with Crippen molar-refractivity contribution in [3.05, 3.63) is 78.5 Å². The van der Waals surface area contributed by atoms with Crippen LogP contribution in [0.1, 0.15) is 5.56 Å². The third-order valence-corrected chi connectivity index (χ3v) is 5.21. The summed E-state index contributed by atoms with van der Waals surface area (Å²) in [6.45, 7) is 3.35. The van der Waals surface area contributed by atoms with E-state index in [4.69, 9.17) is 4.74 Å². The van der Waals surface area contributed by atoms with Gasteiger partial charge in [-0.1, -0.05) is 18.7 Å². The number of nitrogens with one attached hydrogen (secondary N) is 1. The van der Waals surface area contributed by atoms with Crippen molar-refractivity contribution in [1.82, 2.24) is 9.97 Å². The molecule has 0 aliphatic carbocycles. The van der Waals surface area contributed by atoms with Crippen molar-refractivity contribution < 1.29 is 35.1 Å². The molecule has 0 amide bonds. The Balaban J connectivity index is 2.14. The molecule has 0 bridgehead atoms. The lowest BCUT2D eigenvalue weighted by Crippen LogP contribution is -2.17. The summed E-state index contributed by atoms with van der Waals surface area (Å²) in [4.78, 5) is 6.98. The van der Waals surface area contributed by atoms with Gasteiger partial charge in [0.15, 0.2) is 5.03 Å². The van der Waals surface area contributed by atoms with E-state index in [1.165, 1.54) is 6.08 Å². The average Bonchev–Trinajstić information content (AvgIpc) is 2.71. The minimum absolute atomic E-state index is 0.0858. The first kappa shape index (κ1) is 23.1. The number of nitrogens with zero attached hydrogens (tertiary/aromatic N) is 2. The third-order valence-electron chi connectivity index (χ3n) is 3.96. The molecule has 0 saturated carbocycles. The van der Waals surface area contributed by atoms with Crippen molar-refractivity contribution in [3.63, 3.8) is 0 Å². The van der Waals surface area contributed by atoms with E-state index >= 15 is 0 Å². The summed E-state index contributed by atoms with van der Waals surface area (Å²) in [5, 5.41) is -0.707. The molecule has 2 heterocycles. The van der Waals surface area contributed by atoms with Gasteiger partial charge in [-0.15, -0.1) is 0 Å². The summed E-state index contributed by atoms with van der Waals surface area (Å²) in [6, 6.07) is 7.24. The highest BCUT2D eigenvalue weighted by atomic mass is 32.2. The molecule has 2 aromatic heterocycles.